The zero-order valence-corrected chi connectivity index (χ0v) is 11.9. The number of carbonyl (C=O) groups excluding carboxylic acids is 2. The van der Waals surface area contributed by atoms with Gasteiger partial charge in [0.25, 0.3) is 0 Å². The van der Waals surface area contributed by atoms with E-state index in [4.69, 9.17) is 5.11 Å². The molecule has 6 nitrogen and oxygen atoms in total. The monoisotopic (exact) mass is 282 g/mol. The molecule has 0 aromatic rings. The third-order valence-electron chi connectivity index (χ3n) is 4.37. The van der Waals surface area contributed by atoms with Crippen LogP contribution in [0.2, 0.25) is 0 Å². The number of carboxylic acids is 1. The van der Waals surface area contributed by atoms with Gasteiger partial charge in [-0.2, -0.15) is 0 Å². The van der Waals surface area contributed by atoms with Crippen molar-refractivity contribution in [2.75, 3.05) is 26.2 Å². The highest BCUT2D eigenvalue weighted by Crippen LogP contribution is 2.23. The lowest BCUT2D eigenvalue weighted by atomic mass is 9.92. The number of aliphatic carboxylic acids is 1. The quantitative estimate of drug-likeness (QED) is 0.803. The van der Waals surface area contributed by atoms with Crippen LogP contribution < -0.4 is 0 Å². The first-order valence-electron chi connectivity index (χ1n) is 7.26. The highest BCUT2D eigenvalue weighted by atomic mass is 16.4. The van der Waals surface area contributed by atoms with Crippen LogP contribution >= 0.6 is 0 Å². The third-order valence-corrected chi connectivity index (χ3v) is 4.37. The highest BCUT2D eigenvalue weighted by molar-refractivity contribution is 5.81. The van der Waals surface area contributed by atoms with E-state index < -0.39 is 11.9 Å². The molecule has 0 aromatic carbocycles. The number of rotatable bonds is 2. The molecular weight excluding hydrogens is 260 g/mol. The molecule has 2 amide bonds. The molecule has 1 N–H and O–H groups in total. The van der Waals surface area contributed by atoms with Crippen molar-refractivity contribution in [3.63, 3.8) is 0 Å². The van der Waals surface area contributed by atoms with Crippen LogP contribution in [0.1, 0.15) is 32.6 Å². The van der Waals surface area contributed by atoms with E-state index in [1.165, 1.54) is 0 Å². The lowest BCUT2D eigenvalue weighted by Crippen LogP contribution is -2.48. The molecule has 2 fully saturated rings. The second-order valence-corrected chi connectivity index (χ2v) is 5.74. The predicted octanol–water partition coefficient (Wildman–Crippen LogP) is 0.568. The molecule has 0 saturated carbocycles. The summed E-state index contributed by atoms with van der Waals surface area (Å²) in [6.45, 7) is 3.80. The Labute approximate surface area is 118 Å². The zero-order chi connectivity index (χ0) is 14.7. The van der Waals surface area contributed by atoms with E-state index in [1.54, 1.807) is 16.7 Å². The summed E-state index contributed by atoms with van der Waals surface area (Å²) in [7, 11) is 0. The number of carboxylic acid groups (broad SMARTS) is 1. The Balaban J connectivity index is 1.88. The normalized spacial score (nSPS) is 24.6. The first-order valence-corrected chi connectivity index (χ1v) is 7.26. The molecule has 6 heteroatoms. The van der Waals surface area contributed by atoms with Crippen molar-refractivity contribution in [1.29, 1.82) is 0 Å². The van der Waals surface area contributed by atoms with Gasteiger partial charge in [0.2, 0.25) is 11.8 Å². The van der Waals surface area contributed by atoms with Gasteiger partial charge in [0.1, 0.15) is 0 Å². The number of amides is 2. The molecule has 0 aromatic heterocycles. The van der Waals surface area contributed by atoms with E-state index in [0.29, 0.717) is 45.4 Å². The maximum atomic E-state index is 12.4. The molecule has 2 saturated heterocycles. The first-order chi connectivity index (χ1) is 9.49. The van der Waals surface area contributed by atoms with Crippen LogP contribution in [0.15, 0.2) is 0 Å². The van der Waals surface area contributed by atoms with E-state index in [9.17, 15) is 14.4 Å². The van der Waals surface area contributed by atoms with Gasteiger partial charge in [0, 0.05) is 39.0 Å². The topological polar surface area (TPSA) is 77.9 Å². The second kappa shape index (κ2) is 6.24. The second-order valence-electron chi connectivity index (χ2n) is 5.74. The van der Waals surface area contributed by atoms with Crippen LogP contribution in [0, 0.1) is 11.8 Å². The van der Waals surface area contributed by atoms with Gasteiger partial charge in [-0.1, -0.05) is 0 Å². The molecule has 0 unspecified atom stereocenters. The molecule has 20 heavy (non-hydrogen) atoms. The van der Waals surface area contributed by atoms with Crippen LogP contribution in [0.4, 0.5) is 0 Å². The number of piperidine rings is 2. The number of hydrogen-bond acceptors (Lipinski definition) is 3. The number of carbonyl (C=O) groups is 3. The Morgan fingerprint density at radius 1 is 0.950 bits per heavy atom. The molecule has 0 bridgehead atoms. The largest absolute Gasteiger partial charge is 0.481 e. The third kappa shape index (κ3) is 3.29. The standard InChI is InChI=1S/C14H22N2O4/c1-10(17)15-7-4-11(5-8-15)13(18)16-6-2-3-12(9-16)14(19)20/h11-12H,2-9H2,1H3,(H,19,20)/t12-/m1/s1. The fourth-order valence-electron chi connectivity index (χ4n) is 3.08. The van der Waals surface area contributed by atoms with E-state index in [1.807, 2.05) is 0 Å². The van der Waals surface area contributed by atoms with E-state index in [-0.39, 0.29) is 17.7 Å². The van der Waals surface area contributed by atoms with Crippen molar-refractivity contribution >= 4 is 17.8 Å². The average molecular weight is 282 g/mol. The Bertz CT molecular complexity index is 402. The lowest BCUT2D eigenvalue weighted by Gasteiger charge is -2.36. The molecule has 2 aliphatic heterocycles. The maximum absolute atomic E-state index is 12.4. The van der Waals surface area contributed by atoms with Crippen molar-refractivity contribution in [3.8, 4) is 0 Å². The van der Waals surface area contributed by atoms with Crippen molar-refractivity contribution in [1.82, 2.24) is 9.80 Å². The molecule has 1 atom stereocenters. The first kappa shape index (κ1) is 14.8. The van der Waals surface area contributed by atoms with Crippen LogP contribution in [-0.4, -0.2) is 58.9 Å². The van der Waals surface area contributed by atoms with Gasteiger partial charge in [0.05, 0.1) is 5.92 Å². The maximum Gasteiger partial charge on any atom is 0.308 e. The Kier molecular flexibility index (Phi) is 4.62. The van der Waals surface area contributed by atoms with Crippen molar-refractivity contribution < 1.29 is 19.5 Å². The Hall–Kier alpha value is -1.59. The van der Waals surface area contributed by atoms with E-state index in [0.717, 1.165) is 6.42 Å². The van der Waals surface area contributed by atoms with Crippen LogP contribution in [0.5, 0.6) is 0 Å². The van der Waals surface area contributed by atoms with Gasteiger partial charge in [-0.3, -0.25) is 14.4 Å². The van der Waals surface area contributed by atoms with E-state index >= 15 is 0 Å². The number of likely N-dealkylation sites (tertiary alicyclic amines) is 2. The number of nitrogens with zero attached hydrogens (tertiary/aromatic N) is 2. The SMILES string of the molecule is CC(=O)N1CCC(C(=O)N2CCC[C@@H](C(=O)O)C2)CC1. The summed E-state index contributed by atoms with van der Waals surface area (Å²) in [5.41, 5.74) is 0. The van der Waals surface area contributed by atoms with Gasteiger partial charge < -0.3 is 14.9 Å². The zero-order valence-electron chi connectivity index (χ0n) is 11.9. The van der Waals surface area contributed by atoms with Gasteiger partial charge >= 0.3 is 5.97 Å². The van der Waals surface area contributed by atoms with Crippen molar-refractivity contribution in [2.45, 2.75) is 32.6 Å². The molecule has 0 spiro atoms. The van der Waals surface area contributed by atoms with Gasteiger partial charge in [-0.25, -0.2) is 0 Å². The fraction of sp³-hybridized carbons (Fsp3) is 0.786. The van der Waals surface area contributed by atoms with Gasteiger partial charge in [-0.05, 0) is 25.7 Å². The molecule has 0 aliphatic carbocycles. The van der Waals surface area contributed by atoms with Crippen LogP contribution in [0.3, 0.4) is 0 Å². The minimum Gasteiger partial charge on any atom is -0.481 e. The summed E-state index contributed by atoms with van der Waals surface area (Å²) in [4.78, 5) is 38.2. The summed E-state index contributed by atoms with van der Waals surface area (Å²) in [6.07, 6.45) is 2.79. The molecule has 2 heterocycles. The molecule has 2 rings (SSSR count). The summed E-state index contributed by atoms with van der Waals surface area (Å²) >= 11 is 0. The van der Waals surface area contributed by atoms with E-state index in [2.05, 4.69) is 0 Å². The minimum absolute atomic E-state index is 0.0554. The summed E-state index contributed by atoms with van der Waals surface area (Å²) < 4.78 is 0. The highest BCUT2D eigenvalue weighted by Gasteiger charge is 2.33. The summed E-state index contributed by atoms with van der Waals surface area (Å²) in [5.74, 6) is -1.17. The van der Waals surface area contributed by atoms with Crippen molar-refractivity contribution in [2.24, 2.45) is 11.8 Å². The van der Waals surface area contributed by atoms with Gasteiger partial charge in [0.15, 0.2) is 0 Å². The number of hydrogen-bond donors (Lipinski definition) is 1. The average Bonchev–Trinajstić information content (AvgIpc) is 2.46. The molecule has 2 aliphatic rings. The Morgan fingerprint density at radius 2 is 1.60 bits per heavy atom. The smallest absolute Gasteiger partial charge is 0.308 e. The fourth-order valence-corrected chi connectivity index (χ4v) is 3.08. The lowest BCUT2D eigenvalue weighted by molar-refractivity contribution is -0.148. The Morgan fingerprint density at radius 3 is 2.15 bits per heavy atom. The summed E-state index contributed by atoms with van der Waals surface area (Å²) in [5, 5.41) is 9.06. The van der Waals surface area contributed by atoms with Crippen LogP contribution in [0.25, 0.3) is 0 Å². The molecule has 112 valence electrons. The molecular formula is C14H22N2O4. The predicted molar refractivity (Wildman–Crippen MR) is 71.9 cm³/mol. The molecule has 0 radical (unpaired) electrons. The minimum atomic E-state index is -0.811. The van der Waals surface area contributed by atoms with Gasteiger partial charge in [-0.15, -0.1) is 0 Å². The van der Waals surface area contributed by atoms with Crippen molar-refractivity contribution in [3.05, 3.63) is 0 Å². The van der Waals surface area contributed by atoms with Crippen LogP contribution in [-0.2, 0) is 14.4 Å². The summed E-state index contributed by atoms with van der Waals surface area (Å²) in [6, 6.07) is 0.